The summed E-state index contributed by atoms with van der Waals surface area (Å²) in [7, 11) is -3.68. The molecule has 3 rings (SSSR count). The number of ether oxygens (including phenoxy) is 1. The lowest BCUT2D eigenvalue weighted by Crippen LogP contribution is -2.38. The van der Waals surface area contributed by atoms with Crippen LogP contribution in [0.1, 0.15) is 23.0 Å². The number of anilines is 1. The van der Waals surface area contributed by atoms with Crippen LogP contribution in [0.4, 0.5) is 5.69 Å². The number of hydrazone groups is 1. The largest absolute Gasteiger partial charge is 0.462 e. The molecule has 0 bridgehead atoms. The summed E-state index contributed by atoms with van der Waals surface area (Å²) in [5.74, 6) is -0.100. The van der Waals surface area contributed by atoms with Crippen LogP contribution in [0, 0.1) is 0 Å². The molecule has 1 amide bonds. The minimum absolute atomic E-state index is 0.300. The van der Waals surface area contributed by atoms with E-state index in [-0.39, 0.29) is 0 Å². The maximum absolute atomic E-state index is 12.3. The normalized spacial score (nSPS) is 11.4. The van der Waals surface area contributed by atoms with E-state index in [0.717, 1.165) is 20.6 Å². The highest BCUT2D eigenvalue weighted by molar-refractivity contribution is 9.10. The Morgan fingerprint density at radius 3 is 2.38 bits per heavy atom. The minimum Gasteiger partial charge on any atom is -0.462 e. The minimum atomic E-state index is -3.68. The average Bonchev–Trinajstić information content (AvgIpc) is 3.27. The van der Waals surface area contributed by atoms with Crippen LogP contribution in [0.5, 0.6) is 0 Å². The van der Waals surface area contributed by atoms with Gasteiger partial charge in [-0.25, -0.2) is 18.6 Å². The number of hydrogen-bond acceptors (Lipinski definition) is 7. The standard InChI is InChI=1S/C23H22BrN3O6S/c1-3-32-23(29)17-6-4-16(5-7-17)21-13-12-20(33-21)14-25-26-22(28)15-27(34(2,30)31)19-10-8-18(24)9-11-19/h4-14H,3,15H2,1-2H3,(H,26,28). The lowest BCUT2D eigenvalue weighted by atomic mass is 10.1. The number of nitrogens with one attached hydrogen (secondary N) is 1. The molecule has 0 aliphatic carbocycles. The molecule has 178 valence electrons. The van der Waals surface area contributed by atoms with Gasteiger partial charge >= 0.3 is 5.97 Å². The van der Waals surface area contributed by atoms with Crippen molar-refractivity contribution >= 4 is 49.7 Å². The lowest BCUT2D eigenvalue weighted by molar-refractivity contribution is -0.119. The molecule has 1 heterocycles. The molecule has 1 aromatic heterocycles. The number of furan rings is 1. The van der Waals surface area contributed by atoms with Crippen molar-refractivity contribution in [1.29, 1.82) is 0 Å². The summed E-state index contributed by atoms with van der Waals surface area (Å²) < 4.78 is 36.7. The van der Waals surface area contributed by atoms with Gasteiger partial charge < -0.3 is 9.15 Å². The SMILES string of the molecule is CCOC(=O)c1ccc(-c2ccc(C=NNC(=O)CN(c3ccc(Br)cc3)S(C)(=O)=O)o2)cc1. The quantitative estimate of drug-likeness (QED) is 0.247. The van der Waals surface area contributed by atoms with Crippen LogP contribution in [0.2, 0.25) is 0 Å². The lowest BCUT2D eigenvalue weighted by Gasteiger charge is -2.21. The number of hydrogen-bond donors (Lipinski definition) is 1. The smallest absolute Gasteiger partial charge is 0.338 e. The number of rotatable bonds is 9. The van der Waals surface area contributed by atoms with E-state index in [0.29, 0.717) is 29.4 Å². The van der Waals surface area contributed by atoms with Gasteiger partial charge in [-0.2, -0.15) is 5.10 Å². The number of carbonyl (C=O) groups is 2. The summed E-state index contributed by atoms with van der Waals surface area (Å²) in [4.78, 5) is 24.0. The first-order valence-electron chi connectivity index (χ1n) is 10.1. The molecular formula is C23H22BrN3O6S. The van der Waals surface area contributed by atoms with E-state index in [1.807, 2.05) is 0 Å². The number of halogens is 1. The van der Waals surface area contributed by atoms with Crippen molar-refractivity contribution < 1.29 is 27.2 Å². The highest BCUT2D eigenvalue weighted by Gasteiger charge is 2.20. The molecule has 0 atom stereocenters. The van der Waals surface area contributed by atoms with Crippen LogP contribution in [-0.2, 0) is 19.6 Å². The Hall–Kier alpha value is -3.44. The first-order chi connectivity index (χ1) is 16.2. The van der Waals surface area contributed by atoms with Gasteiger partial charge in [-0.15, -0.1) is 0 Å². The molecule has 0 spiro atoms. The van der Waals surface area contributed by atoms with E-state index in [1.54, 1.807) is 67.6 Å². The Kier molecular flexibility index (Phi) is 8.24. The number of nitrogens with zero attached hydrogens (tertiary/aromatic N) is 2. The van der Waals surface area contributed by atoms with Crippen LogP contribution in [0.25, 0.3) is 11.3 Å². The zero-order valence-corrected chi connectivity index (χ0v) is 20.8. The van der Waals surface area contributed by atoms with Crippen LogP contribution < -0.4 is 9.73 Å². The fourth-order valence-corrected chi connectivity index (χ4v) is 4.02. The Balaban J connectivity index is 1.61. The number of sulfonamides is 1. The molecule has 0 saturated carbocycles. The van der Waals surface area contributed by atoms with Crippen molar-refractivity contribution in [1.82, 2.24) is 5.43 Å². The van der Waals surface area contributed by atoms with E-state index in [1.165, 1.54) is 6.21 Å². The average molecular weight is 548 g/mol. The third kappa shape index (κ3) is 6.78. The zero-order chi connectivity index (χ0) is 24.7. The molecular weight excluding hydrogens is 526 g/mol. The van der Waals surface area contributed by atoms with Crippen molar-refractivity contribution in [3.05, 3.63) is 76.5 Å². The fourth-order valence-electron chi connectivity index (χ4n) is 2.90. The summed E-state index contributed by atoms with van der Waals surface area (Å²) in [6, 6.07) is 16.7. The molecule has 0 fully saturated rings. The Morgan fingerprint density at radius 2 is 1.76 bits per heavy atom. The van der Waals surface area contributed by atoms with Crippen molar-refractivity contribution in [2.75, 3.05) is 23.7 Å². The van der Waals surface area contributed by atoms with Gasteiger partial charge in [-0.3, -0.25) is 9.10 Å². The number of carbonyl (C=O) groups excluding carboxylic acids is 2. The maximum Gasteiger partial charge on any atom is 0.338 e. The third-order valence-electron chi connectivity index (χ3n) is 4.49. The van der Waals surface area contributed by atoms with E-state index in [2.05, 4.69) is 26.5 Å². The van der Waals surface area contributed by atoms with Gasteiger partial charge in [0.15, 0.2) is 0 Å². The van der Waals surface area contributed by atoms with Crippen LogP contribution in [0.15, 0.2) is 74.7 Å². The predicted molar refractivity (Wildman–Crippen MR) is 132 cm³/mol. The topological polar surface area (TPSA) is 118 Å². The van der Waals surface area contributed by atoms with Crippen molar-refractivity contribution in [3.8, 4) is 11.3 Å². The molecule has 9 nitrogen and oxygen atoms in total. The molecule has 34 heavy (non-hydrogen) atoms. The molecule has 0 aliphatic rings. The van der Waals surface area contributed by atoms with E-state index in [9.17, 15) is 18.0 Å². The summed E-state index contributed by atoms with van der Waals surface area (Å²) >= 11 is 3.29. The van der Waals surface area contributed by atoms with Gasteiger partial charge in [0.1, 0.15) is 18.1 Å². The summed E-state index contributed by atoms with van der Waals surface area (Å²) in [5.41, 5.74) is 3.84. The van der Waals surface area contributed by atoms with Gasteiger partial charge in [0, 0.05) is 10.0 Å². The molecule has 3 aromatic rings. The Bertz CT molecular complexity index is 1280. The van der Waals surface area contributed by atoms with E-state index < -0.39 is 28.4 Å². The first-order valence-corrected chi connectivity index (χ1v) is 12.7. The molecule has 0 unspecified atom stereocenters. The summed E-state index contributed by atoms with van der Waals surface area (Å²) in [5, 5.41) is 3.84. The van der Waals surface area contributed by atoms with Gasteiger partial charge in [0.2, 0.25) is 10.0 Å². The molecule has 0 radical (unpaired) electrons. The van der Waals surface area contributed by atoms with Gasteiger partial charge in [-0.1, -0.05) is 28.1 Å². The molecule has 0 aliphatic heterocycles. The van der Waals surface area contributed by atoms with E-state index >= 15 is 0 Å². The second kappa shape index (κ2) is 11.1. The number of benzene rings is 2. The van der Waals surface area contributed by atoms with Gasteiger partial charge in [-0.05, 0) is 55.5 Å². The second-order valence-electron chi connectivity index (χ2n) is 7.04. The maximum atomic E-state index is 12.3. The second-order valence-corrected chi connectivity index (χ2v) is 9.86. The summed E-state index contributed by atoms with van der Waals surface area (Å²) in [6.45, 7) is 1.60. The fraction of sp³-hybridized carbons (Fsp3) is 0.174. The number of amides is 1. The Morgan fingerprint density at radius 1 is 1.09 bits per heavy atom. The highest BCUT2D eigenvalue weighted by atomic mass is 79.9. The highest BCUT2D eigenvalue weighted by Crippen LogP contribution is 2.23. The van der Waals surface area contributed by atoms with Gasteiger partial charge in [0.05, 0.1) is 30.3 Å². The molecule has 11 heteroatoms. The predicted octanol–water partition coefficient (Wildman–Crippen LogP) is 3.80. The van der Waals surface area contributed by atoms with Crippen LogP contribution >= 0.6 is 15.9 Å². The monoisotopic (exact) mass is 547 g/mol. The van der Waals surface area contributed by atoms with Crippen molar-refractivity contribution in [2.45, 2.75) is 6.92 Å². The summed E-state index contributed by atoms with van der Waals surface area (Å²) in [6.07, 6.45) is 2.33. The van der Waals surface area contributed by atoms with Crippen LogP contribution in [-0.4, -0.2) is 45.9 Å². The van der Waals surface area contributed by atoms with Crippen LogP contribution in [0.3, 0.4) is 0 Å². The zero-order valence-electron chi connectivity index (χ0n) is 18.4. The Labute approximate surface area is 205 Å². The van der Waals surface area contributed by atoms with Crippen molar-refractivity contribution in [2.24, 2.45) is 5.10 Å². The van der Waals surface area contributed by atoms with Gasteiger partial charge in [0.25, 0.3) is 5.91 Å². The van der Waals surface area contributed by atoms with Crippen molar-refractivity contribution in [3.63, 3.8) is 0 Å². The third-order valence-corrected chi connectivity index (χ3v) is 6.16. The van der Waals surface area contributed by atoms with E-state index in [4.69, 9.17) is 9.15 Å². The number of esters is 1. The molecule has 0 saturated heterocycles. The molecule has 1 N–H and O–H groups in total. The molecule has 2 aromatic carbocycles. The first kappa shape index (κ1) is 25.2.